The lowest BCUT2D eigenvalue weighted by Gasteiger charge is -2.25. The van der Waals surface area contributed by atoms with Crippen molar-refractivity contribution in [3.63, 3.8) is 0 Å². The van der Waals surface area contributed by atoms with Gasteiger partial charge in [0.2, 0.25) is 22.1 Å². The Balaban J connectivity index is 1.11. The molecule has 4 heterocycles. The first-order chi connectivity index (χ1) is 22.0. The summed E-state index contributed by atoms with van der Waals surface area (Å²) in [4.78, 5) is 60.8. The average Bonchev–Trinajstić information content (AvgIpc) is 3.71. The van der Waals surface area contributed by atoms with E-state index in [2.05, 4.69) is 41.0 Å². The van der Waals surface area contributed by atoms with Crippen LogP contribution in [0.4, 0.5) is 10.3 Å². The van der Waals surface area contributed by atoms with Gasteiger partial charge in [0.05, 0.1) is 24.0 Å². The highest BCUT2D eigenvalue weighted by Gasteiger charge is 2.29. The molecule has 5 rings (SSSR count). The molecule has 16 heteroatoms. The molecule has 1 aliphatic carbocycles. The van der Waals surface area contributed by atoms with Crippen molar-refractivity contribution < 1.29 is 19.2 Å². The molecule has 240 valence electrons. The summed E-state index contributed by atoms with van der Waals surface area (Å²) in [5.74, 6) is -0.500. The highest BCUT2D eigenvalue weighted by atomic mass is 32.1. The number of anilines is 2. The molecule has 0 aromatic carbocycles. The number of carbonyl (C=O) groups is 4. The fraction of sp³-hybridized carbons (Fsp3) is 0.400. The Morgan fingerprint density at radius 1 is 0.696 bits per heavy atom. The number of carbonyl (C=O) groups excluding carboxylic acids is 4. The zero-order valence-electron chi connectivity index (χ0n) is 25.9. The molecule has 4 amide bonds. The van der Waals surface area contributed by atoms with Crippen LogP contribution in [0, 0.1) is 0 Å². The number of pyridine rings is 2. The quantitative estimate of drug-likeness (QED) is 0.256. The van der Waals surface area contributed by atoms with E-state index in [9.17, 15) is 19.2 Å². The van der Waals surface area contributed by atoms with Crippen LogP contribution in [0.3, 0.4) is 0 Å². The topological polar surface area (TPSA) is 176 Å². The fourth-order valence-electron chi connectivity index (χ4n) is 5.02. The number of nitrogens with zero attached hydrogens (tertiary/aromatic N) is 8. The predicted molar refractivity (Wildman–Crippen MR) is 173 cm³/mol. The predicted octanol–water partition coefficient (Wildman–Crippen LogP) is 3.39. The van der Waals surface area contributed by atoms with E-state index in [0.29, 0.717) is 32.8 Å². The van der Waals surface area contributed by atoms with Crippen molar-refractivity contribution in [2.24, 2.45) is 0 Å². The molecule has 2 atom stereocenters. The molecule has 0 saturated heterocycles. The highest BCUT2D eigenvalue weighted by molar-refractivity contribution is 7.15. The maximum Gasteiger partial charge on any atom is 0.254 e. The zero-order valence-corrected chi connectivity index (χ0v) is 27.5. The van der Waals surface area contributed by atoms with Gasteiger partial charge in [0.1, 0.15) is 10.0 Å². The van der Waals surface area contributed by atoms with Gasteiger partial charge in [-0.2, -0.15) is 0 Å². The highest BCUT2D eigenvalue weighted by Crippen LogP contribution is 2.43. The van der Waals surface area contributed by atoms with Crippen molar-refractivity contribution >= 4 is 56.6 Å². The van der Waals surface area contributed by atoms with Crippen molar-refractivity contribution in [2.75, 3.05) is 38.8 Å². The standard InChI is InChI=1S/C30H34N10O4S2/c1-39(2)27(43)19-8-10-21(31-15-19)13-23(41)33-29-37-35-25(45-29)17-6-5-7-18(12-17)26-36-38-30(46-26)34-24(42)14-22-11-9-20(16-32-22)28(44)40(3)4/h8-11,15-18H,5-7,12-14H2,1-4H3,(H,33,37,41)(H,34,38,42)/t17-,18-/m0/s1. The second-order valence-corrected chi connectivity index (χ2v) is 13.4. The second kappa shape index (κ2) is 14.6. The summed E-state index contributed by atoms with van der Waals surface area (Å²) in [5.41, 5.74) is 2.00. The van der Waals surface area contributed by atoms with Crippen LogP contribution in [-0.4, -0.2) is 92.0 Å². The molecule has 0 aliphatic heterocycles. The summed E-state index contributed by atoms with van der Waals surface area (Å²) in [6.07, 6.45) is 6.74. The van der Waals surface area contributed by atoms with Crippen molar-refractivity contribution in [1.82, 2.24) is 40.2 Å². The third-order valence-electron chi connectivity index (χ3n) is 7.39. The minimum Gasteiger partial charge on any atom is -0.345 e. The van der Waals surface area contributed by atoms with E-state index in [1.165, 1.54) is 44.9 Å². The van der Waals surface area contributed by atoms with Gasteiger partial charge >= 0.3 is 0 Å². The number of aromatic nitrogens is 6. The van der Waals surface area contributed by atoms with Gasteiger partial charge < -0.3 is 20.4 Å². The van der Waals surface area contributed by atoms with E-state index in [1.54, 1.807) is 52.5 Å². The van der Waals surface area contributed by atoms with Gasteiger partial charge in [-0.15, -0.1) is 20.4 Å². The second-order valence-electron chi connectivity index (χ2n) is 11.4. The van der Waals surface area contributed by atoms with Gasteiger partial charge in [0, 0.05) is 63.8 Å². The number of hydrogen-bond acceptors (Lipinski definition) is 12. The molecule has 0 unspecified atom stereocenters. The van der Waals surface area contributed by atoms with Crippen LogP contribution in [0.15, 0.2) is 36.7 Å². The monoisotopic (exact) mass is 662 g/mol. The van der Waals surface area contributed by atoms with E-state index >= 15 is 0 Å². The average molecular weight is 663 g/mol. The SMILES string of the molecule is CN(C)C(=O)c1ccc(CC(=O)Nc2nnc([C@H]3CCC[C@H](c4nnc(NC(=O)Cc5ccc(C(=O)N(C)C)cn5)s4)C3)s2)nc1. The summed E-state index contributed by atoms with van der Waals surface area (Å²) in [5, 5.41) is 25.3. The molecule has 4 aromatic rings. The van der Waals surface area contributed by atoms with Gasteiger partial charge in [-0.1, -0.05) is 29.1 Å². The van der Waals surface area contributed by atoms with E-state index in [1.807, 2.05) is 0 Å². The van der Waals surface area contributed by atoms with Crippen LogP contribution in [0.25, 0.3) is 0 Å². The Labute approximate surface area is 273 Å². The Morgan fingerprint density at radius 2 is 1.13 bits per heavy atom. The molecule has 4 aromatic heterocycles. The van der Waals surface area contributed by atoms with E-state index in [0.717, 1.165) is 35.7 Å². The first-order valence-electron chi connectivity index (χ1n) is 14.7. The first-order valence-corrected chi connectivity index (χ1v) is 16.3. The zero-order chi connectivity index (χ0) is 32.8. The minimum atomic E-state index is -0.265. The number of nitrogens with one attached hydrogen (secondary N) is 2. The largest absolute Gasteiger partial charge is 0.345 e. The lowest BCUT2D eigenvalue weighted by atomic mass is 9.82. The van der Waals surface area contributed by atoms with Crippen molar-refractivity contribution in [1.29, 1.82) is 0 Å². The molecule has 0 spiro atoms. The van der Waals surface area contributed by atoms with Crippen molar-refractivity contribution in [3.05, 3.63) is 69.2 Å². The molecule has 0 radical (unpaired) electrons. The van der Waals surface area contributed by atoms with Crippen molar-refractivity contribution in [3.8, 4) is 0 Å². The summed E-state index contributed by atoms with van der Waals surface area (Å²) in [6, 6.07) is 6.65. The molecule has 2 N–H and O–H groups in total. The number of amides is 4. The number of hydrogen-bond donors (Lipinski definition) is 2. The van der Waals surface area contributed by atoms with Crippen LogP contribution in [0.2, 0.25) is 0 Å². The Bertz CT molecular complexity index is 1580. The molecule has 1 saturated carbocycles. The number of rotatable bonds is 10. The summed E-state index contributed by atoms with van der Waals surface area (Å²) in [7, 11) is 6.68. The molecular weight excluding hydrogens is 629 g/mol. The summed E-state index contributed by atoms with van der Waals surface area (Å²) >= 11 is 2.72. The molecule has 1 aliphatic rings. The molecular formula is C30H34N10O4S2. The Morgan fingerprint density at radius 3 is 1.50 bits per heavy atom. The lowest BCUT2D eigenvalue weighted by molar-refractivity contribution is -0.116. The van der Waals surface area contributed by atoms with Gasteiger partial charge in [0.15, 0.2) is 0 Å². The van der Waals surface area contributed by atoms with E-state index < -0.39 is 0 Å². The smallest absolute Gasteiger partial charge is 0.254 e. The molecule has 0 bridgehead atoms. The van der Waals surface area contributed by atoms with Crippen LogP contribution in [0.5, 0.6) is 0 Å². The lowest BCUT2D eigenvalue weighted by Crippen LogP contribution is -2.22. The Hall–Kier alpha value is -4.70. The third kappa shape index (κ3) is 8.31. The van der Waals surface area contributed by atoms with E-state index in [-0.39, 0.29) is 48.3 Å². The third-order valence-corrected chi connectivity index (χ3v) is 9.39. The van der Waals surface area contributed by atoms with Crippen LogP contribution < -0.4 is 10.6 Å². The van der Waals surface area contributed by atoms with Crippen molar-refractivity contribution in [2.45, 2.75) is 50.4 Å². The molecule has 1 fully saturated rings. The molecule has 46 heavy (non-hydrogen) atoms. The van der Waals surface area contributed by atoms with Gasteiger partial charge in [-0.05, 0) is 43.5 Å². The maximum atomic E-state index is 12.6. The first kappa shape index (κ1) is 32.7. The maximum absolute atomic E-state index is 12.6. The van der Waals surface area contributed by atoms with E-state index in [4.69, 9.17) is 0 Å². The summed E-state index contributed by atoms with van der Waals surface area (Å²) < 4.78 is 0. The van der Waals surface area contributed by atoms with Gasteiger partial charge in [-0.25, -0.2) is 0 Å². The van der Waals surface area contributed by atoms with Crippen LogP contribution >= 0.6 is 22.7 Å². The Kier molecular flexibility index (Phi) is 10.4. The fourth-order valence-corrected chi connectivity index (χ4v) is 6.84. The van der Waals surface area contributed by atoms with Crippen LogP contribution in [0.1, 0.15) is 79.6 Å². The summed E-state index contributed by atoms with van der Waals surface area (Å²) in [6.45, 7) is 0. The van der Waals surface area contributed by atoms with Gasteiger partial charge in [-0.3, -0.25) is 29.1 Å². The van der Waals surface area contributed by atoms with Crippen LogP contribution in [-0.2, 0) is 22.4 Å². The molecule has 14 nitrogen and oxygen atoms in total. The van der Waals surface area contributed by atoms with Gasteiger partial charge in [0.25, 0.3) is 11.8 Å². The minimum absolute atomic E-state index is 0.0490. The normalized spacial score (nSPS) is 16.0.